The van der Waals surface area contributed by atoms with Crippen molar-refractivity contribution in [3.05, 3.63) is 84.5 Å². The number of hydrogen-bond acceptors (Lipinski definition) is 8. The molecule has 8 nitrogen and oxygen atoms in total. The van der Waals surface area contributed by atoms with Gasteiger partial charge < -0.3 is 18.8 Å². The van der Waals surface area contributed by atoms with Crippen LogP contribution in [0, 0.1) is 5.82 Å². The van der Waals surface area contributed by atoms with Gasteiger partial charge in [-0.2, -0.15) is 0 Å². The fraction of sp³-hybridized carbons (Fsp3) is 0.320. The Bertz CT molecular complexity index is 1460. The second-order valence-corrected chi connectivity index (χ2v) is 9.14. The molecule has 0 aliphatic carbocycles. The average molecular weight is 498 g/mol. The number of esters is 1. The van der Waals surface area contributed by atoms with Crippen LogP contribution in [0.5, 0.6) is 0 Å². The second-order valence-electron chi connectivity index (χ2n) is 8.13. The normalized spacial score (nSPS) is 18.4. The van der Waals surface area contributed by atoms with Gasteiger partial charge in [-0.3, -0.25) is 9.36 Å². The van der Waals surface area contributed by atoms with Gasteiger partial charge in [0.25, 0.3) is 5.56 Å². The summed E-state index contributed by atoms with van der Waals surface area (Å²) >= 11 is 1.21. The summed E-state index contributed by atoms with van der Waals surface area (Å²) in [6, 6.07) is 8.65. The van der Waals surface area contributed by atoms with Crippen LogP contribution in [0.1, 0.15) is 31.2 Å². The van der Waals surface area contributed by atoms with Crippen molar-refractivity contribution in [3.8, 4) is 0 Å². The summed E-state index contributed by atoms with van der Waals surface area (Å²) in [4.78, 5) is 33.5. The molecule has 0 N–H and O–H groups in total. The van der Waals surface area contributed by atoms with Gasteiger partial charge in [-0.05, 0) is 37.6 Å². The molecule has 4 heterocycles. The summed E-state index contributed by atoms with van der Waals surface area (Å²) < 4.78 is 32.2. The lowest BCUT2D eigenvalue weighted by atomic mass is 9.96. The Morgan fingerprint density at radius 2 is 1.97 bits per heavy atom. The molecule has 182 valence electrons. The highest BCUT2D eigenvalue weighted by Crippen LogP contribution is 2.30. The Hall–Kier alpha value is -3.50. The van der Waals surface area contributed by atoms with Crippen molar-refractivity contribution < 1.29 is 23.1 Å². The molecule has 10 heteroatoms. The van der Waals surface area contributed by atoms with Gasteiger partial charge >= 0.3 is 5.97 Å². The number of aromatic nitrogens is 1. The summed E-state index contributed by atoms with van der Waals surface area (Å²) in [5.41, 5.74) is 0.980. The molecule has 3 aromatic rings. The molecule has 35 heavy (non-hydrogen) atoms. The predicted molar refractivity (Wildman–Crippen MR) is 129 cm³/mol. The molecule has 0 spiro atoms. The lowest BCUT2D eigenvalue weighted by molar-refractivity contribution is -0.139. The number of hydrogen-bond donors (Lipinski definition) is 0. The van der Waals surface area contributed by atoms with E-state index in [0.717, 1.165) is 19.0 Å². The lowest BCUT2D eigenvalue weighted by Crippen LogP contribution is -2.39. The fourth-order valence-electron chi connectivity index (χ4n) is 4.25. The molecule has 0 amide bonds. The SMILES string of the molecule is CCOC(=O)C1=C(C)N=c2s/c(=C\c3ccc(N4CCOCC4)o3)c(=O)n2[C@@H]1c1ccc(F)cc1. The van der Waals surface area contributed by atoms with Gasteiger partial charge in [0.05, 0.1) is 41.7 Å². The van der Waals surface area contributed by atoms with Crippen LogP contribution in [-0.2, 0) is 14.3 Å². The van der Waals surface area contributed by atoms with E-state index in [1.807, 2.05) is 12.1 Å². The number of nitrogens with zero attached hydrogens (tertiary/aromatic N) is 3. The molecular weight excluding hydrogens is 473 g/mol. The molecule has 0 radical (unpaired) electrons. The maximum atomic E-state index is 13.7. The highest BCUT2D eigenvalue weighted by Gasteiger charge is 2.33. The van der Waals surface area contributed by atoms with Gasteiger partial charge in [0.2, 0.25) is 0 Å². The van der Waals surface area contributed by atoms with Gasteiger partial charge in [-0.1, -0.05) is 23.5 Å². The fourth-order valence-corrected chi connectivity index (χ4v) is 5.28. The first-order valence-electron chi connectivity index (χ1n) is 11.3. The van der Waals surface area contributed by atoms with Crippen LogP contribution in [0.4, 0.5) is 10.3 Å². The Balaban J connectivity index is 1.60. The van der Waals surface area contributed by atoms with E-state index in [4.69, 9.17) is 13.9 Å². The van der Waals surface area contributed by atoms with Crippen molar-refractivity contribution in [1.82, 2.24) is 4.57 Å². The second kappa shape index (κ2) is 9.63. The molecule has 2 aromatic heterocycles. The lowest BCUT2D eigenvalue weighted by Gasteiger charge is -2.26. The molecule has 0 saturated carbocycles. The van der Waals surface area contributed by atoms with Crippen molar-refractivity contribution in [2.45, 2.75) is 19.9 Å². The Kier molecular flexibility index (Phi) is 6.40. The first kappa shape index (κ1) is 23.3. The van der Waals surface area contributed by atoms with Crippen LogP contribution < -0.4 is 19.8 Å². The minimum atomic E-state index is -0.784. The summed E-state index contributed by atoms with van der Waals surface area (Å²) in [6.45, 7) is 6.36. The molecule has 1 saturated heterocycles. The first-order chi connectivity index (χ1) is 17.0. The summed E-state index contributed by atoms with van der Waals surface area (Å²) in [7, 11) is 0. The van der Waals surface area contributed by atoms with Crippen LogP contribution in [0.15, 0.2) is 61.9 Å². The van der Waals surface area contributed by atoms with E-state index in [0.29, 0.717) is 39.6 Å². The number of ether oxygens (including phenoxy) is 2. The number of allylic oxidation sites excluding steroid dienone is 1. The monoisotopic (exact) mass is 497 g/mol. The largest absolute Gasteiger partial charge is 0.463 e. The maximum absolute atomic E-state index is 13.7. The molecule has 0 bridgehead atoms. The summed E-state index contributed by atoms with van der Waals surface area (Å²) in [6.07, 6.45) is 1.68. The summed E-state index contributed by atoms with van der Waals surface area (Å²) in [5.74, 6) is 0.292. The van der Waals surface area contributed by atoms with Crippen molar-refractivity contribution in [2.75, 3.05) is 37.8 Å². The number of morpholine rings is 1. The van der Waals surface area contributed by atoms with E-state index >= 15 is 0 Å². The van der Waals surface area contributed by atoms with Crippen LogP contribution in [0.3, 0.4) is 0 Å². The number of fused-ring (bicyclic) bond motifs is 1. The molecule has 0 unspecified atom stereocenters. The number of carbonyl (C=O) groups is 1. The smallest absolute Gasteiger partial charge is 0.338 e. The molecule has 5 rings (SSSR count). The quantitative estimate of drug-likeness (QED) is 0.503. The van der Waals surface area contributed by atoms with Crippen molar-refractivity contribution in [3.63, 3.8) is 0 Å². The molecule has 1 aromatic carbocycles. The third kappa shape index (κ3) is 4.46. The average Bonchev–Trinajstić information content (AvgIpc) is 3.44. The van der Waals surface area contributed by atoms with Gasteiger partial charge in [0.1, 0.15) is 11.6 Å². The number of furan rings is 1. The van der Waals surface area contributed by atoms with E-state index < -0.39 is 17.8 Å². The highest BCUT2D eigenvalue weighted by molar-refractivity contribution is 7.07. The molecular formula is C25H24FN3O5S. The zero-order valence-corrected chi connectivity index (χ0v) is 20.1. The Morgan fingerprint density at radius 3 is 2.69 bits per heavy atom. The van der Waals surface area contributed by atoms with Crippen LogP contribution in [0.25, 0.3) is 6.08 Å². The zero-order chi connectivity index (χ0) is 24.5. The maximum Gasteiger partial charge on any atom is 0.338 e. The zero-order valence-electron chi connectivity index (χ0n) is 19.3. The van der Waals surface area contributed by atoms with Crippen molar-refractivity contribution >= 4 is 29.3 Å². The minimum absolute atomic E-state index is 0.181. The molecule has 1 atom stereocenters. The van der Waals surface area contributed by atoms with E-state index in [1.54, 1.807) is 32.1 Å². The van der Waals surface area contributed by atoms with E-state index in [2.05, 4.69) is 9.89 Å². The van der Waals surface area contributed by atoms with E-state index in [-0.39, 0.29) is 17.7 Å². The number of halogens is 1. The number of anilines is 1. The molecule has 2 aliphatic heterocycles. The standard InChI is InChI=1S/C25H24FN3O5S/c1-3-33-24(31)21-15(2)27-25-29(22(21)16-4-6-17(26)7-5-16)23(30)19(35-25)14-18-8-9-20(34-18)28-10-12-32-13-11-28/h4-9,14,22H,3,10-13H2,1-2H3/b19-14-/t22-/m1/s1. The van der Waals surface area contributed by atoms with Gasteiger partial charge in [-0.25, -0.2) is 14.2 Å². The predicted octanol–water partition coefficient (Wildman–Crippen LogP) is 2.37. The first-order valence-corrected chi connectivity index (χ1v) is 12.2. The number of rotatable bonds is 5. The van der Waals surface area contributed by atoms with Gasteiger partial charge in [0.15, 0.2) is 10.7 Å². The van der Waals surface area contributed by atoms with Gasteiger partial charge in [-0.15, -0.1) is 0 Å². The van der Waals surface area contributed by atoms with Crippen molar-refractivity contribution in [2.24, 2.45) is 4.99 Å². The van der Waals surface area contributed by atoms with Gasteiger partial charge in [0, 0.05) is 25.2 Å². The van der Waals surface area contributed by atoms with Crippen LogP contribution in [0.2, 0.25) is 0 Å². The third-order valence-electron chi connectivity index (χ3n) is 5.91. The number of carbonyl (C=O) groups excluding carboxylic acids is 1. The summed E-state index contributed by atoms with van der Waals surface area (Å²) in [5, 5.41) is 0. The number of thiazole rings is 1. The molecule has 2 aliphatic rings. The van der Waals surface area contributed by atoms with Crippen molar-refractivity contribution in [1.29, 1.82) is 0 Å². The Labute approximate surface area is 204 Å². The topological polar surface area (TPSA) is 86.3 Å². The van der Waals surface area contributed by atoms with Crippen LogP contribution in [-0.4, -0.2) is 43.4 Å². The van der Waals surface area contributed by atoms with E-state index in [9.17, 15) is 14.0 Å². The highest BCUT2D eigenvalue weighted by atomic mass is 32.1. The third-order valence-corrected chi connectivity index (χ3v) is 6.89. The van der Waals surface area contributed by atoms with E-state index in [1.165, 1.54) is 28.0 Å². The number of benzene rings is 1. The molecule has 1 fully saturated rings. The minimum Gasteiger partial charge on any atom is -0.463 e. The van der Waals surface area contributed by atoms with Crippen LogP contribution >= 0.6 is 11.3 Å². The Morgan fingerprint density at radius 1 is 1.23 bits per heavy atom.